The van der Waals surface area contributed by atoms with Crippen LogP contribution in [0.4, 0.5) is 5.82 Å². The summed E-state index contributed by atoms with van der Waals surface area (Å²) in [6, 6.07) is 6.10. The molecule has 35 heavy (non-hydrogen) atoms. The smallest absolute Gasteiger partial charge is 0.269 e. The molecule has 1 unspecified atom stereocenters. The zero-order valence-corrected chi connectivity index (χ0v) is 20.2. The van der Waals surface area contributed by atoms with Crippen LogP contribution in [0.5, 0.6) is 5.88 Å². The number of carbonyl (C=O) groups is 1. The molecule has 1 atom stereocenters. The molecule has 4 aromatic rings. The van der Waals surface area contributed by atoms with Gasteiger partial charge in [-0.2, -0.15) is 9.78 Å². The number of hydrogen-bond donors (Lipinski definition) is 1. The van der Waals surface area contributed by atoms with Gasteiger partial charge < -0.3 is 14.8 Å². The van der Waals surface area contributed by atoms with Crippen LogP contribution in [-0.2, 0) is 19.4 Å². The first-order chi connectivity index (χ1) is 16.8. The molecule has 0 aliphatic carbocycles. The third-order valence-electron chi connectivity index (χ3n) is 4.70. The molecule has 0 aromatic carbocycles. The van der Waals surface area contributed by atoms with Crippen molar-refractivity contribution >= 4 is 44.2 Å². The van der Waals surface area contributed by atoms with Gasteiger partial charge in [-0.25, -0.2) is 28.4 Å². The van der Waals surface area contributed by atoms with E-state index in [9.17, 15) is 13.2 Å². The molecule has 0 radical (unpaired) electrons. The molecule has 4 heterocycles. The molecule has 0 saturated heterocycles. The molecule has 0 aliphatic heterocycles. The average molecular weight is 518 g/mol. The first kappa shape index (κ1) is 24.4. The largest absolute Gasteiger partial charge is 0.461 e. The third kappa shape index (κ3) is 5.53. The molecule has 0 saturated carbocycles. The molecular weight excluding hydrogens is 498 g/mol. The maximum absolute atomic E-state index is 12.9. The Morgan fingerprint density at radius 2 is 2.00 bits per heavy atom. The summed E-state index contributed by atoms with van der Waals surface area (Å²) in [4.78, 5) is 29.6. The minimum Gasteiger partial charge on any atom is -0.461 e. The van der Waals surface area contributed by atoms with E-state index >= 15 is 0 Å². The van der Waals surface area contributed by atoms with E-state index in [1.165, 1.54) is 29.3 Å². The van der Waals surface area contributed by atoms with Crippen molar-refractivity contribution in [1.82, 2.24) is 29.7 Å². The summed E-state index contributed by atoms with van der Waals surface area (Å²) in [7, 11) is -3.41. The molecule has 1 amide bonds. The van der Waals surface area contributed by atoms with Crippen molar-refractivity contribution in [2.75, 3.05) is 24.8 Å². The van der Waals surface area contributed by atoms with E-state index in [0.29, 0.717) is 28.5 Å². The van der Waals surface area contributed by atoms with Gasteiger partial charge in [0.15, 0.2) is 21.3 Å². The van der Waals surface area contributed by atoms with E-state index in [1.807, 2.05) is 0 Å². The summed E-state index contributed by atoms with van der Waals surface area (Å²) < 4.78 is 36.0. The van der Waals surface area contributed by atoms with Crippen LogP contribution < -0.4 is 10.1 Å². The van der Waals surface area contributed by atoms with Gasteiger partial charge in [0.25, 0.3) is 5.91 Å². The van der Waals surface area contributed by atoms with Gasteiger partial charge in [0.05, 0.1) is 22.7 Å². The van der Waals surface area contributed by atoms with Gasteiger partial charge in [-0.3, -0.25) is 4.79 Å². The van der Waals surface area contributed by atoms with Gasteiger partial charge in [-0.15, -0.1) is 0 Å². The Morgan fingerprint density at radius 3 is 2.69 bits per heavy atom. The fourth-order valence-corrected chi connectivity index (χ4v) is 3.77. The minimum atomic E-state index is -3.41. The molecule has 0 spiro atoms. The SMILES string of the molecule is CCOCC(Oc1ncnc2c1cnn2-c1ncccc1Cl)C(=O)Nc1ccc(S(C)(=O)=O)cn1. The first-order valence-electron chi connectivity index (χ1n) is 10.3. The number of rotatable bonds is 9. The topological polar surface area (TPSA) is 151 Å². The zero-order valence-electron chi connectivity index (χ0n) is 18.6. The number of hydrogen-bond acceptors (Lipinski definition) is 10. The number of anilines is 1. The van der Waals surface area contributed by atoms with Crippen LogP contribution in [0.15, 0.2) is 54.1 Å². The number of sulfone groups is 1. The second-order valence-corrected chi connectivity index (χ2v) is 9.61. The second kappa shape index (κ2) is 10.3. The summed E-state index contributed by atoms with van der Waals surface area (Å²) in [6.45, 7) is 2.06. The minimum absolute atomic E-state index is 0.0333. The number of ether oxygens (including phenoxy) is 2. The predicted molar refractivity (Wildman–Crippen MR) is 126 cm³/mol. The van der Waals surface area contributed by atoms with E-state index in [4.69, 9.17) is 21.1 Å². The lowest BCUT2D eigenvalue weighted by Gasteiger charge is -2.18. The van der Waals surface area contributed by atoms with Crippen molar-refractivity contribution in [2.24, 2.45) is 0 Å². The van der Waals surface area contributed by atoms with Crippen molar-refractivity contribution in [1.29, 1.82) is 0 Å². The fraction of sp³-hybridized carbons (Fsp3) is 0.238. The van der Waals surface area contributed by atoms with E-state index in [0.717, 1.165) is 12.5 Å². The monoisotopic (exact) mass is 517 g/mol. The van der Waals surface area contributed by atoms with Crippen molar-refractivity contribution < 1.29 is 22.7 Å². The standard InChI is InChI=1S/C21H20ClN7O5S/c1-3-33-11-16(20(30)28-17-7-6-13(9-24-17)35(2,31)32)34-21-14-10-27-29(18(14)25-12-26-21)19-15(22)5-4-8-23-19/h4-10,12,16H,3,11H2,1-2H3,(H,24,28,30). The van der Waals surface area contributed by atoms with Crippen molar-refractivity contribution in [3.8, 4) is 11.7 Å². The number of carbonyl (C=O) groups excluding carboxylic acids is 1. The van der Waals surface area contributed by atoms with E-state index in [-0.39, 0.29) is 23.2 Å². The number of fused-ring (bicyclic) bond motifs is 1. The Kier molecular flexibility index (Phi) is 7.19. The fourth-order valence-electron chi connectivity index (χ4n) is 3.01. The molecule has 182 valence electrons. The maximum atomic E-state index is 12.9. The molecule has 0 fully saturated rings. The zero-order chi connectivity index (χ0) is 25.0. The van der Waals surface area contributed by atoms with E-state index in [1.54, 1.807) is 25.3 Å². The number of amides is 1. The van der Waals surface area contributed by atoms with Crippen LogP contribution in [0.25, 0.3) is 16.9 Å². The normalized spacial score (nSPS) is 12.4. The molecule has 0 bridgehead atoms. The van der Waals surface area contributed by atoms with Gasteiger partial charge >= 0.3 is 0 Å². The maximum Gasteiger partial charge on any atom is 0.269 e. The van der Waals surface area contributed by atoms with Crippen LogP contribution in [0, 0.1) is 0 Å². The van der Waals surface area contributed by atoms with Gasteiger partial charge in [-0.1, -0.05) is 11.6 Å². The van der Waals surface area contributed by atoms with Gasteiger partial charge in [0, 0.05) is 25.3 Å². The summed E-state index contributed by atoms with van der Waals surface area (Å²) in [5, 5.41) is 7.69. The molecule has 4 rings (SSSR count). The van der Waals surface area contributed by atoms with Crippen LogP contribution in [0.3, 0.4) is 0 Å². The van der Waals surface area contributed by atoms with Crippen LogP contribution >= 0.6 is 11.6 Å². The number of halogens is 1. The van der Waals surface area contributed by atoms with E-state index in [2.05, 4.69) is 30.4 Å². The summed E-state index contributed by atoms with van der Waals surface area (Å²) in [5.74, 6) is 0.0671. The summed E-state index contributed by atoms with van der Waals surface area (Å²) >= 11 is 6.24. The molecule has 12 nitrogen and oxygen atoms in total. The Balaban J connectivity index is 1.59. The highest BCUT2D eigenvalue weighted by Gasteiger charge is 2.24. The number of nitrogens with zero attached hydrogens (tertiary/aromatic N) is 6. The van der Waals surface area contributed by atoms with Gasteiger partial charge in [0.1, 0.15) is 17.5 Å². The average Bonchev–Trinajstić information content (AvgIpc) is 3.26. The van der Waals surface area contributed by atoms with Gasteiger partial charge in [0.2, 0.25) is 12.0 Å². The summed E-state index contributed by atoms with van der Waals surface area (Å²) in [5.41, 5.74) is 0.379. The van der Waals surface area contributed by atoms with Gasteiger partial charge in [-0.05, 0) is 31.2 Å². The van der Waals surface area contributed by atoms with E-state index < -0.39 is 21.8 Å². The lowest BCUT2D eigenvalue weighted by atomic mass is 10.3. The number of aromatic nitrogens is 6. The molecule has 14 heteroatoms. The predicted octanol–water partition coefficient (Wildman–Crippen LogP) is 2.08. The lowest BCUT2D eigenvalue weighted by Crippen LogP contribution is -2.37. The highest BCUT2D eigenvalue weighted by Crippen LogP contribution is 2.26. The second-order valence-electron chi connectivity index (χ2n) is 7.19. The molecule has 0 aliphatic rings. The van der Waals surface area contributed by atoms with Crippen LogP contribution in [-0.4, -0.2) is 69.6 Å². The van der Waals surface area contributed by atoms with Crippen molar-refractivity contribution in [2.45, 2.75) is 17.9 Å². The quantitative estimate of drug-likeness (QED) is 0.349. The Morgan fingerprint density at radius 1 is 1.17 bits per heavy atom. The number of nitrogens with one attached hydrogen (secondary N) is 1. The Hall–Kier alpha value is -3.68. The van der Waals surface area contributed by atoms with Crippen molar-refractivity contribution in [3.05, 3.63) is 54.2 Å². The Labute approximate surface area is 205 Å². The molecule has 1 N–H and O–H groups in total. The first-order valence-corrected chi connectivity index (χ1v) is 12.6. The summed E-state index contributed by atoms with van der Waals surface area (Å²) in [6.07, 6.45) is 5.46. The van der Waals surface area contributed by atoms with Crippen molar-refractivity contribution in [3.63, 3.8) is 0 Å². The lowest BCUT2D eigenvalue weighted by molar-refractivity contribution is -0.125. The number of pyridine rings is 2. The highest BCUT2D eigenvalue weighted by atomic mass is 35.5. The molecular formula is C21H20ClN7O5S. The van der Waals surface area contributed by atoms with Crippen LogP contribution in [0.1, 0.15) is 6.92 Å². The highest BCUT2D eigenvalue weighted by molar-refractivity contribution is 7.90. The molecule has 4 aromatic heterocycles. The Bertz CT molecular complexity index is 1460. The third-order valence-corrected chi connectivity index (χ3v) is 6.10. The van der Waals surface area contributed by atoms with Crippen LogP contribution in [0.2, 0.25) is 5.02 Å².